The van der Waals surface area contributed by atoms with E-state index in [1.54, 1.807) is 28.8 Å². The second-order valence-corrected chi connectivity index (χ2v) is 18.3. The molecule has 1 aliphatic rings. The number of sulfonamides is 1. The Morgan fingerprint density at radius 2 is 1.72 bits per heavy atom. The summed E-state index contributed by atoms with van der Waals surface area (Å²) in [6.45, 7) is 17.2. The fourth-order valence-electron chi connectivity index (χ4n) is 3.17. The Balaban J connectivity index is 2.14. The Hall–Kier alpha value is -1.07. The molecule has 0 bridgehead atoms. The third kappa shape index (κ3) is 7.48. The van der Waals surface area contributed by atoms with Gasteiger partial charge in [0.25, 0.3) is 0 Å². The number of hydrogen-bond donors (Lipinski definition) is 1. The Bertz CT molecular complexity index is 906. The lowest BCUT2D eigenvalue weighted by atomic mass is 10.2. The van der Waals surface area contributed by atoms with Crippen molar-refractivity contribution in [1.29, 1.82) is 0 Å². The molecule has 0 aromatic heterocycles. The molecule has 0 saturated carbocycles. The molecule has 2 N–H and O–H groups in total. The second-order valence-electron chi connectivity index (χ2n) is 10.8. The van der Waals surface area contributed by atoms with Crippen LogP contribution in [0.1, 0.15) is 48.0 Å². The quantitative estimate of drug-likeness (QED) is 0.442. The van der Waals surface area contributed by atoms with E-state index in [1.165, 1.54) is 12.1 Å². The Morgan fingerprint density at radius 3 is 2.19 bits per heavy atom. The van der Waals surface area contributed by atoms with Gasteiger partial charge in [-0.3, -0.25) is 0 Å². The van der Waals surface area contributed by atoms with Gasteiger partial charge in [-0.05, 0) is 69.6 Å². The molecule has 10 heteroatoms. The van der Waals surface area contributed by atoms with Gasteiger partial charge >= 0.3 is 6.09 Å². The molecular formula is C22H38N2O5S2Si. The maximum Gasteiger partial charge on any atom is 0.410 e. The molecular weight excluding hydrogens is 464 g/mol. The maximum atomic E-state index is 12.9. The van der Waals surface area contributed by atoms with E-state index in [9.17, 15) is 13.2 Å². The first-order valence-electron chi connectivity index (χ1n) is 10.8. The van der Waals surface area contributed by atoms with Crippen LogP contribution >= 0.6 is 11.8 Å². The van der Waals surface area contributed by atoms with Crippen LogP contribution in [0.2, 0.25) is 18.1 Å². The lowest BCUT2D eigenvalue weighted by molar-refractivity contribution is 0.0224. The molecule has 1 heterocycles. The van der Waals surface area contributed by atoms with Gasteiger partial charge in [-0.25, -0.2) is 18.4 Å². The van der Waals surface area contributed by atoms with E-state index in [0.29, 0.717) is 12.3 Å². The van der Waals surface area contributed by atoms with Crippen molar-refractivity contribution in [1.82, 2.24) is 4.90 Å². The molecule has 2 atom stereocenters. The molecule has 0 spiro atoms. The van der Waals surface area contributed by atoms with Crippen molar-refractivity contribution in [2.45, 2.75) is 93.6 Å². The molecule has 32 heavy (non-hydrogen) atoms. The van der Waals surface area contributed by atoms with Gasteiger partial charge in [0.05, 0.1) is 11.0 Å². The molecule has 1 aromatic rings. The largest absolute Gasteiger partial charge is 0.444 e. The molecule has 0 aliphatic carbocycles. The van der Waals surface area contributed by atoms with E-state index in [2.05, 4.69) is 33.9 Å². The van der Waals surface area contributed by atoms with Crippen molar-refractivity contribution in [3.8, 4) is 0 Å². The van der Waals surface area contributed by atoms with Gasteiger partial charge in [0, 0.05) is 23.2 Å². The van der Waals surface area contributed by atoms with Gasteiger partial charge < -0.3 is 14.1 Å². The first-order valence-corrected chi connectivity index (χ1v) is 16.3. The summed E-state index contributed by atoms with van der Waals surface area (Å²) in [7, 11) is -5.69. The third-order valence-corrected chi connectivity index (χ3v) is 12.5. The first-order chi connectivity index (χ1) is 14.4. The second kappa shape index (κ2) is 9.66. The number of nitrogens with zero attached hydrogens (tertiary/aromatic N) is 1. The Labute approximate surface area is 198 Å². The number of primary sulfonamides is 1. The maximum absolute atomic E-state index is 12.9. The lowest BCUT2D eigenvalue weighted by Gasteiger charge is -2.38. The molecule has 0 unspecified atom stereocenters. The molecule has 0 radical (unpaired) electrons. The number of ether oxygens (including phenoxy) is 1. The summed E-state index contributed by atoms with van der Waals surface area (Å²) >= 11 is 1.57. The van der Waals surface area contributed by atoms with Crippen LogP contribution in [-0.4, -0.2) is 57.8 Å². The van der Waals surface area contributed by atoms with Crippen LogP contribution in [0.5, 0.6) is 0 Å². The van der Waals surface area contributed by atoms with Crippen molar-refractivity contribution < 1.29 is 22.4 Å². The summed E-state index contributed by atoms with van der Waals surface area (Å²) < 4.78 is 35.2. The topological polar surface area (TPSA) is 98.9 Å². The van der Waals surface area contributed by atoms with Crippen molar-refractivity contribution in [2.75, 3.05) is 12.3 Å². The summed E-state index contributed by atoms with van der Waals surface area (Å²) in [5, 5.41) is 5.26. The van der Waals surface area contributed by atoms with Crippen molar-refractivity contribution >= 4 is 36.2 Å². The fourth-order valence-corrected chi connectivity index (χ4v) is 6.08. The average Bonchev–Trinajstić information content (AvgIpc) is 2.99. The minimum atomic E-state index is -3.72. The summed E-state index contributed by atoms with van der Waals surface area (Å²) in [6, 6.07) is 6.44. The van der Waals surface area contributed by atoms with Crippen LogP contribution in [-0.2, 0) is 19.2 Å². The predicted octanol–water partition coefficient (Wildman–Crippen LogP) is 4.83. The Morgan fingerprint density at radius 1 is 1.16 bits per heavy atom. The first kappa shape index (κ1) is 27.2. The minimum Gasteiger partial charge on any atom is -0.444 e. The SMILES string of the molecule is CC(C)(C)OC(=O)N1C[C@H](O[Si](C)(C)C(C)(C)C)C[C@H]1CSc1ccc(S(N)(=O)=O)cc1. The van der Waals surface area contributed by atoms with Crippen LogP contribution in [0.25, 0.3) is 0 Å². The van der Waals surface area contributed by atoms with E-state index >= 15 is 0 Å². The molecule has 182 valence electrons. The monoisotopic (exact) mass is 502 g/mol. The molecule has 1 aromatic carbocycles. The normalized spacial score (nSPS) is 20.5. The zero-order valence-corrected chi connectivity index (χ0v) is 23.1. The van der Waals surface area contributed by atoms with Gasteiger partial charge in [-0.15, -0.1) is 11.8 Å². The minimum absolute atomic E-state index is 0.0289. The zero-order valence-electron chi connectivity index (χ0n) is 20.5. The highest BCUT2D eigenvalue weighted by molar-refractivity contribution is 7.99. The number of nitrogens with two attached hydrogens (primary N) is 1. The molecule has 2 rings (SSSR count). The molecule has 1 amide bonds. The van der Waals surface area contributed by atoms with E-state index in [0.717, 1.165) is 11.3 Å². The van der Waals surface area contributed by atoms with Gasteiger partial charge in [0.1, 0.15) is 5.60 Å². The molecule has 1 aliphatic heterocycles. The van der Waals surface area contributed by atoms with Crippen LogP contribution < -0.4 is 5.14 Å². The number of thioether (sulfide) groups is 1. The van der Waals surface area contributed by atoms with E-state index < -0.39 is 23.9 Å². The van der Waals surface area contributed by atoms with E-state index in [4.69, 9.17) is 14.3 Å². The zero-order chi connectivity index (χ0) is 24.5. The highest BCUT2D eigenvalue weighted by Gasteiger charge is 2.44. The number of amides is 1. The summed E-state index contributed by atoms with van der Waals surface area (Å²) in [5.74, 6) is 0.658. The summed E-state index contributed by atoms with van der Waals surface area (Å²) in [4.78, 5) is 15.7. The van der Waals surface area contributed by atoms with Crippen LogP contribution in [0.15, 0.2) is 34.1 Å². The van der Waals surface area contributed by atoms with Gasteiger partial charge in [-0.1, -0.05) is 20.8 Å². The number of rotatable bonds is 6. The van der Waals surface area contributed by atoms with Crippen LogP contribution in [0.3, 0.4) is 0 Å². The van der Waals surface area contributed by atoms with E-state index in [1.807, 2.05) is 20.8 Å². The molecule has 1 saturated heterocycles. The van der Waals surface area contributed by atoms with Crippen molar-refractivity contribution in [2.24, 2.45) is 5.14 Å². The number of likely N-dealkylation sites (tertiary alicyclic amines) is 1. The number of carbonyl (C=O) groups is 1. The highest BCUT2D eigenvalue weighted by Crippen LogP contribution is 2.39. The number of carbonyl (C=O) groups excluding carboxylic acids is 1. The number of hydrogen-bond acceptors (Lipinski definition) is 6. The van der Waals surface area contributed by atoms with E-state index in [-0.39, 0.29) is 28.2 Å². The van der Waals surface area contributed by atoms with Gasteiger partial charge in [0.15, 0.2) is 8.32 Å². The highest BCUT2D eigenvalue weighted by atomic mass is 32.2. The predicted molar refractivity (Wildman–Crippen MR) is 132 cm³/mol. The lowest BCUT2D eigenvalue weighted by Crippen LogP contribution is -2.45. The smallest absolute Gasteiger partial charge is 0.410 e. The standard InChI is InChI=1S/C22H38N2O5S2Si/c1-21(2,3)28-20(25)24-14-17(29-32(7,8)22(4,5)6)13-16(24)15-30-18-9-11-19(12-10-18)31(23,26)27/h9-12,16-17H,13-15H2,1-8H3,(H2,23,26,27)/t16-,17+/m0/s1. The van der Waals surface area contributed by atoms with Gasteiger partial charge in [-0.2, -0.15) is 0 Å². The van der Waals surface area contributed by atoms with Crippen molar-refractivity contribution in [3.05, 3.63) is 24.3 Å². The third-order valence-electron chi connectivity index (χ3n) is 5.87. The number of benzene rings is 1. The summed E-state index contributed by atoms with van der Waals surface area (Å²) in [5.41, 5.74) is -0.573. The Kier molecular flexibility index (Phi) is 8.20. The van der Waals surface area contributed by atoms with Crippen molar-refractivity contribution in [3.63, 3.8) is 0 Å². The fraction of sp³-hybridized carbons (Fsp3) is 0.682. The summed E-state index contributed by atoms with van der Waals surface area (Å²) in [6.07, 6.45) is 0.390. The molecule has 1 fully saturated rings. The van der Waals surface area contributed by atoms with Gasteiger partial charge in [0.2, 0.25) is 10.0 Å². The van der Waals surface area contributed by atoms with Crippen LogP contribution in [0.4, 0.5) is 4.79 Å². The molecule has 7 nitrogen and oxygen atoms in total. The average molecular weight is 503 g/mol. The van der Waals surface area contributed by atoms with Crippen LogP contribution in [0, 0.1) is 0 Å².